The molecule has 106 valence electrons. The van der Waals surface area contributed by atoms with E-state index in [2.05, 4.69) is 15.9 Å². The van der Waals surface area contributed by atoms with Crippen molar-refractivity contribution >= 4 is 43.1 Å². The summed E-state index contributed by atoms with van der Waals surface area (Å²) in [5.74, 6) is -1.92. The highest BCUT2D eigenvalue weighted by molar-refractivity contribution is 9.10. The summed E-state index contributed by atoms with van der Waals surface area (Å²) in [7, 11) is 0. The minimum Gasteiger partial charge on any atom is -0.288 e. The van der Waals surface area contributed by atoms with Crippen molar-refractivity contribution < 1.29 is 13.6 Å². The van der Waals surface area contributed by atoms with Gasteiger partial charge >= 0.3 is 0 Å². The highest BCUT2D eigenvalue weighted by Gasteiger charge is 2.20. The van der Waals surface area contributed by atoms with Crippen molar-refractivity contribution in [3.05, 3.63) is 68.5 Å². The highest BCUT2D eigenvalue weighted by Crippen LogP contribution is 2.33. The summed E-state index contributed by atoms with van der Waals surface area (Å²) in [6, 6.07) is 7.54. The molecule has 3 rings (SSSR count). The number of rotatable bonds is 2. The van der Waals surface area contributed by atoms with E-state index >= 15 is 0 Å². The van der Waals surface area contributed by atoms with Gasteiger partial charge in [0.05, 0.1) is 5.56 Å². The average molecular weight is 367 g/mol. The van der Waals surface area contributed by atoms with Crippen LogP contribution in [0.25, 0.3) is 10.1 Å². The zero-order valence-corrected chi connectivity index (χ0v) is 13.3. The Bertz CT molecular complexity index is 870. The molecule has 0 aliphatic rings. The molecule has 0 radical (unpaired) electrons. The number of halogens is 3. The number of benzene rings is 2. The molecule has 0 atom stereocenters. The molecule has 0 spiro atoms. The molecule has 0 fully saturated rings. The van der Waals surface area contributed by atoms with Gasteiger partial charge in [-0.1, -0.05) is 12.1 Å². The molecular formula is C16H9BrF2OS. The van der Waals surface area contributed by atoms with Crippen LogP contribution in [0.3, 0.4) is 0 Å². The first-order valence-corrected chi connectivity index (χ1v) is 7.82. The van der Waals surface area contributed by atoms with Crippen molar-refractivity contribution in [1.29, 1.82) is 0 Å². The van der Waals surface area contributed by atoms with Crippen LogP contribution in [-0.4, -0.2) is 5.78 Å². The standard InChI is InChI=1S/C16H9BrF2OS/c1-8-5-10(14(19)6-13(8)18)15(20)11-7-21-16-9(11)3-2-4-12(16)17/h2-7H,1H3. The Morgan fingerprint density at radius 2 is 1.90 bits per heavy atom. The lowest BCUT2D eigenvalue weighted by atomic mass is 10.0. The monoisotopic (exact) mass is 366 g/mol. The maximum atomic E-state index is 13.9. The summed E-state index contributed by atoms with van der Waals surface area (Å²) < 4.78 is 29.0. The lowest BCUT2D eigenvalue weighted by molar-refractivity contribution is 0.103. The minimum atomic E-state index is -0.836. The molecule has 1 heterocycles. The predicted molar refractivity (Wildman–Crippen MR) is 84.1 cm³/mol. The van der Waals surface area contributed by atoms with Gasteiger partial charge in [0, 0.05) is 31.6 Å². The fraction of sp³-hybridized carbons (Fsp3) is 0.0625. The van der Waals surface area contributed by atoms with Gasteiger partial charge < -0.3 is 0 Å². The van der Waals surface area contributed by atoms with Crippen molar-refractivity contribution in [3.63, 3.8) is 0 Å². The summed E-state index contributed by atoms with van der Waals surface area (Å²) in [4.78, 5) is 12.5. The second-order valence-corrected chi connectivity index (χ2v) is 6.41. The van der Waals surface area contributed by atoms with Gasteiger partial charge in [0.2, 0.25) is 0 Å². The number of carbonyl (C=O) groups excluding carboxylic acids is 1. The van der Waals surface area contributed by atoms with E-state index in [0.717, 1.165) is 20.6 Å². The quantitative estimate of drug-likeness (QED) is 0.548. The van der Waals surface area contributed by atoms with Crippen LogP contribution in [0.2, 0.25) is 0 Å². The van der Waals surface area contributed by atoms with E-state index in [1.807, 2.05) is 18.2 Å². The van der Waals surface area contributed by atoms with Gasteiger partial charge in [-0.15, -0.1) is 11.3 Å². The van der Waals surface area contributed by atoms with Crippen LogP contribution in [0.4, 0.5) is 8.78 Å². The van der Waals surface area contributed by atoms with Crippen LogP contribution in [0.1, 0.15) is 21.5 Å². The van der Waals surface area contributed by atoms with Crippen molar-refractivity contribution in [3.8, 4) is 0 Å². The zero-order valence-electron chi connectivity index (χ0n) is 10.9. The van der Waals surface area contributed by atoms with Gasteiger partial charge in [-0.05, 0) is 40.5 Å². The van der Waals surface area contributed by atoms with Crippen molar-refractivity contribution in [2.45, 2.75) is 6.92 Å². The van der Waals surface area contributed by atoms with E-state index in [1.54, 1.807) is 5.38 Å². The Kier molecular flexibility index (Phi) is 3.63. The third-order valence-electron chi connectivity index (χ3n) is 3.29. The van der Waals surface area contributed by atoms with E-state index in [-0.39, 0.29) is 11.1 Å². The minimum absolute atomic E-state index is 0.103. The molecule has 0 bridgehead atoms. The molecule has 5 heteroatoms. The Labute approximate surface area is 132 Å². The molecule has 0 aliphatic carbocycles. The SMILES string of the molecule is Cc1cc(C(=O)c2csc3c(Br)cccc23)c(F)cc1F. The van der Waals surface area contributed by atoms with Crippen LogP contribution >= 0.6 is 27.3 Å². The topological polar surface area (TPSA) is 17.1 Å². The van der Waals surface area contributed by atoms with E-state index in [1.165, 1.54) is 24.3 Å². The molecule has 0 saturated heterocycles. The Morgan fingerprint density at radius 1 is 1.14 bits per heavy atom. The number of ketones is 1. The van der Waals surface area contributed by atoms with Crippen LogP contribution in [-0.2, 0) is 0 Å². The van der Waals surface area contributed by atoms with E-state index in [4.69, 9.17) is 0 Å². The molecule has 21 heavy (non-hydrogen) atoms. The Morgan fingerprint density at radius 3 is 2.67 bits per heavy atom. The summed E-state index contributed by atoms with van der Waals surface area (Å²) >= 11 is 4.84. The Hall–Kier alpha value is -1.59. The lowest BCUT2D eigenvalue weighted by Crippen LogP contribution is -2.05. The molecule has 0 N–H and O–H groups in total. The van der Waals surface area contributed by atoms with Gasteiger partial charge in [0.25, 0.3) is 0 Å². The van der Waals surface area contributed by atoms with E-state index in [9.17, 15) is 13.6 Å². The molecule has 1 aromatic heterocycles. The number of carbonyl (C=O) groups is 1. The number of aryl methyl sites for hydroxylation is 1. The molecule has 3 aromatic rings. The number of hydrogen-bond acceptors (Lipinski definition) is 2. The first-order valence-electron chi connectivity index (χ1n) is 6.15. The fourth-order valence-electron chi connectivity index (χ4n) is 2.17. The molecular weight excluding hydrogens is 358 g/mol. The van der Waals surface area contributed by atoms with Crippen LogP contribution in [0.15, 0.2) is 40.2 Å². The third-order valence-corrected chi connectivity index (χ3v) is 5.24. The molecule has 1 nitrogen and oxygen atoms in total. The number of hydrogen-bond donors (Lipinski definition) is 0. The number of fused-ring (bicyclic) bond motifs is 1. The fourth-order valence-corrected chi connectivity index (χ4v) is 3.78. The second kappa shape index (κ2) is 5.31. The highest BCUT2D eigenvalue weighted by atomic mass is 79.9. The summed E-state index contributed by atoms with van der Waals surface area (Å²) in [5, 5.41) is 2.47. The normalized spacial score (nSPS) is 11.0. The molecule has 0 unspecified atom stereocenters. The predicted octanol–water partition coefficient (Wildman–Crippen LogP) is 5.48. The van der Waals surface area contributed by atoms with Crippen molar-refractivity contribution in [2.75, 3.05) is 0 Å². The largest absolute Gasteiger partial charge is 0.288 e. The van der Waals surface area contributed by atoms with Gasteiger partial charge in [-0.3, -0.25) is 4.79 Å². The van der Waals surface area contributed by atoms with Gasteiger partial charge in [-0.25, -0.2) is 8.78 Å². The molecule has 0 saturated carbocycles. The smallest absolute Gasteiger partial charge is 0.197 e. The zero-order chi connectivity index (χ0) is 15.1. The van der Waals surface area contributed by atoms with Crippen LogP contribution in [0, 0.1) is 18.6 Å². The molecule has 0 aliphatic heterocycles. The first-order chi connectivity index (χ1) is 9.99. The summed E-state index contributed by atoms with van der Waals surface area (Å²) in [6.45, 7) is 1.51. The number of thiophene rings is 1. The average Bonchev–Trinajstić information content (AvgIpc) is 2.87. The molecule has 0 amide bonds. The first kappa shape index (κ1) is 14.4. The van der Waals surface area contributed by atoms with E-state index in [0.29, 0.717) is 5.56 Å². The maximum absolute atomic E-state index is 13.9. The Balaban J connectivity index is 2.18. The maximum Gasteiger partial charge on any atom is 0.197 e. The molecule has 2 aromatic carbocycles. The second-order valence-electron chi connectivity index (χ2n) is 4.68. The van der Waals surface area contributed by atoms with Gasteiger partial charge in [0.1, 0.15) is 11.6 Å². The van der Waals surface area contributed by atoms with Crippen LogP contribution < -0.4 is 0 Å². The lowest BCUT2D eigenvalue weighted by Gasteiger charge is -2.05. The van der Waals surface area contributed by atoms with Crippen molar-refractivity contribution in [1.82, 2.24) is 0 Å². The van der Waals surface area contributed by atoms with Gasteiger partial charge in [0.15, 0.2) is 5.78 Å². The summed E-state index contributed by atoms with van der Waals surface area (Å²) in [6.07, 6.45) is 0. The third kappa shape index (κ3) is 2.40. The summed E-state index contributed by atoms with van der Waals surface area (Å²) in [5.41, 5.74) is 0.579. The van der Waals surface area contributed by atoms with Gasteiger partial charge in [-0.2, -0.15) is 0 Å². The van der Waals surface area contributed by atoms with E-state index < -0.39 is 17.4 Å². The van der Waals surface area contributed by atoms with Crippen molar-refractivity contribution in [2.24, 2.45) is 0 Å². The van der Waals surface area contributed by atoms with Crippen LogP contribution in [0.5, 0.6) is 0 Å².